The zero-order valence-electron chi connectivity index (χ0n) is 59.5. The topological polar surface area (TPSA) is 254 Å². The number of hydrogen-bond acceptors (Lipinski definition) is 12. The number of nitrogens with one attached hydrogen (secondary N) is 1. The summed E-state index contributed by atoms with van der Waals surface area (Å²) in [6, 6.07) is 12.5. The van der Waals surface area contributed by atoms with E-state index in [1.54, 1.807) is 27.7 Å². The second kappa shape index (κ2) is 47.1. The van der Waals surface area contributed by atoms with Crippen LogP contribution in [0.25, 0.3) is 22.1 Å². The molecule has 8 rings (SSSR count). The smallest absolute Gasteiger partial charge is 0.850 e. The van der Waals surface area contributed by atoms with Gasteiger partial charge in [-0.25, -0.2) is 36.3 Å². The molecule has 534 valence electrons. The van der Waals surface area contributed by atoms with Gasteiger partial charge in [0.1, 0.15) is 45.7 Å². The Balaban J connectivity index is -0.000000516. The van der Waals surface area contributed by atoms with Crippen LogP contribution in [0.1, 0.15) is 188 Å². The molecule has 2 saturated heterocycles. The first-order valence-corrected chi connectivity index (χ1v) is 32.4. The number of rotatable bonds is 7. The number of aliphatic imine (C=N–C) groups is 1. The first-order valence-electron chi connectivity index (χ1n) is 30.0. The molecule has 2 aliphatic rings. The number of carbonyl (C=O) groups excluding carboxylic acids is 1. The number of halogens is 9. The summed E-state index contributed by atoms with van der Waals surface area (Å²) in [7, 11) is -0.574. The van der Waals surface area contributed by atoms with E-state index in [2.05, 4.69) is 95.8 Å². The second-order valence-electron chi connectivity index (χ2n) is 25.0. The van der Waals surface area contributed by atoms with Crippen molar-refractivity contribution < 1.29 is 142 Å². The molecule has 7 N–H and O–H groups in total. The molecule has 0 spiro atoms. The standard InChI is InChI=1S/C17H24BFN2O2.C12H14BrF2N.C11H12BrFN2.C6H4BrF2N.C5H11NO.C4H8O.C4H9O.C3H9N.2C2H4O2.K.Pd/c1-10(2)21-11(3)20-15-13(19)8-12(9-14(15)21)18-22-16(4,5)17(6,7)23-18;1-7(2)4-8(3)16-12-10(14)5-9(13)6-11(12)15;1-6(2)15-7(3)14-11-9(13)4-8(12)5-10(11)15;7-3-1-4(8)6(10)5(9)2-3;1-4(2)6-5(3)7;1-2-4-5-3-1;1-4(2,3)5;1-3(2)4;2*1-2(3)4;;/h8-10H,1-7H3;5-7H,4H2,1-3H3;4-6H,1-3H3;1-2H,10H2;4H,1-3H3,(H,6,7);1-4H2;1-3H3;3H,4H2,1-2H3;2*1H3,(H,3,4);;/q;;;;;;-1;;;;+1;. The molecule has 0 unspecified atom stereocenters. The van der Waals surface area contributed by atoms with Gasteiger partial charge < -0.3 is 55.3 Å². The van der Waals surface area contributed by atoms with Crippen molar-refractivity contribution in [1.82, 2.24) is 24.4 Å². The molecule has 4 aromatic carbocycles. The normalized spacial score (nSPS) is 13.3. The Morgan fingerprint density at radius 3 is 1.27 bits per heavy atom. The molecule has 0 atom stereocenters. The summed E-state index contributed by atoms with van der Waals surface area (Å²) in [5.41, 5.74) is 11.7. The molecule has 0 aliphatic carbocycles. The van der Waals surface area contributed by atoms with Gasteiger partial charge in [-0.05, 0) is 175 Å². The summed E-state index contributed by atoms with van der Waals surface area (Å²) in [6.45, 7) is 44.2. The van der Waals surface area contributed by atoms with Gasteiger partial charge in [-0.2, -0.15) is 0 Å². The maximum atomic E-state index is 14.6. The number of carbonyl (C=O) groups is 3. The van der Waals surface area contributed by atoms with E-state index in [-0.39, 0.29) is 113 Å². The number of anilines is 1. The molecular formula is C66H99BBr3F6KN8O9Pd. The number of carboxylic acids is 2. The number of carboxylic acid groups (broad SMARTS) is 2. The number of nitrogens with zero attached hydrogens (tertiary/aromatic N) is 5. The Morgan fingerprint density at radius 2 is 0.979 bits per heavy atom. The maximum Gasteiger partial charge on any atom is 1.00 e. The van der Waals surface area contributed by atoms with Crippen molar-refractivity contribution in [3.8, 4) is 0 Å². The summed E-state index contributed by atoms with van der Waals surface area (Å²) in [5.74, 6) is -2.95. The number of nitrogens with two attached hydrogens (primary N) is 2. The van der Waals surface area contributed by atoms with E-state index in [0.29, 0.717) is 37.4 Å². The van der Waals surface area contributed by atoms with Crippen LogP contribution in [0.3, 0.4) is 0 Å². The fourth-order valence-corrected chi connectivity index (χ4v) is 9.11. The third-order valence-corrected chi connectivity index (χ3v) is 13.1. The van der Waals surface area contributed by atoms with Crippen LogP contribution in [-0.2, 0) is 48.9 Å². The van der Waals surface area contributed by atoms with Gasteiger partial charge in [0.25, 0.3) is 11.9 Å². The first-order chi connectivity index (χ1) is 42.4. The summed E-state index contributed by atoms with van der Waals surface area (Å²) in [6.07, 6.45) is 3.29. The van der Waals surface area contributed by atoms with Gasteiger partial charge in [0.05, 0.1) is 22.2 Å². The third-order valence-electron chi connectivity index (χ3n) is 11.7. The number of ether oxygens (including phenoxy) is 1. The van der Waals surface area contributed by atoms with Crippen LogP contribution in [0.4, 0.5) is 37.7 Å². The number of imidazole rings is 2. The van der Waals surface area contributed by atoms with Crippen molar-refractivity contribution in [3.05, 3.63) is 109 Å². The molecule has 0 bridgehead atoms. The average molecular weight is 1660 g/mol. The van der Waals surface area contributed by atoms with Crippen LogP contribution in [0, 0.1) is 54.7 Å². The van der Waals surface area contributed by atoms with E-state index in [0.717, 1.165) is 78.5 Å². The number of nitrogen functional groups attached to an aromatic ring is 1. The largest absolute Gasteiger partial charge is 1.00 e. The summed E-state index contributed by atoms with van der Waals surface area (Å²) in [4.78, 5) is 40.7. The maximum absolute atomic E-state index is 14.6. The number of fused-ring (bicyclic) bond motifs is 2. The van der Waals surface area contributed by atoms with Crippen LogP contribution >= 0.6 is 47.8 Å². The fourth-order valence-electron chi connectivity index (χ4n) is 7.88. The van der Waals surface area contributed by atoms with Crippen LogP contribution in [0.2, 0.25) is 0 Å². The van der Waals surface area contributed by atoms with Gasteiger partial charge in [0.15, 0.2) is 23.3 Å². The van der Waals surface area contributed by atoms with Crippen LogP contribution in [0.5, 0.6) is 0 Å². The van der Waals surface area contributed by atoms with Crippen LogP contribution in [-0.4, -0.2) is 102 Å². The Kier molecular flexibility index (Phi) is 48.7. The average Bonchev–Trinajstić information content (AvgIpc) is 1.62. The van der Waals surface area contributed by atoms with Gasteiger partial charge in [-0.1, -0.05) is 96.3 Å². The van der Waals surface area contributed by atoms with Gasteiger partial charge in [-0.3, -0.25) is 19.4 Å². The van der Waals surface area contributed by atoms with Crippen molar-refractivity contribution in [3.63, 3.8) is 0 Å². The Bertz CT molecular complexity index is 3250. The summed E-state index contributed by atoms with van der Waals surface area (Å²) in [5, 5.41) is 27.6. The molecule has 2 aliphatic heterocycles. The number of aromatic nitrogens is 4. The number of aliphatic carboxylic acids is 2. The predicted octanol–water partition coefficient (Wildman–Crippen LogP) is 13.4. The minimum Gasteiger partial charge on any atom is -0.850 e. The fraction of sp³-hybridized carbons (Fsp3) is 0.545. The number of hydrogen-bond donors (Lipinski definition) is 5. The minimum atomic E-state index is -0.833. The Labute approximate surface area is 640 Å². The summed E-state index contributed by atoms with van der Waals surface area (Å²) < 4.78 is 102. The Morgan fingerprint density at radius 1 is 0.663 bits per heavy atom. The van der Waals surface area contributed by atoms with Gasteiger partial charge in [0.2, 0.25) is 5.91 Å². The van der Waals surface area contributed by atoms with Crippen molar-refractivity contribution in [2.24, 2.45) is 16.6 Å². The summed E-state index contributed by atoms with van der Waals surface area (Å²) >= 11 is 9.23. The van der Waals surface area contributed by atoms with Crippen molar-refractivity contribution in [1.29, 1.82) is 0 Å². The number of aryl methyl sites for hydroxylation is 2. The predicted molar refractivity (Wildman–Crippen MR) is 372 cm³/mol. The zero-order chi connectivity index (χ0) is 73.0. The minimum absolute atomic E-state index is 0. The molecule has 0 radical (unpaired) electrons. The van der Waals surface area contributed by atoms with E-state index in [9.17, 15) is 36.2 Å². The third kappa shape index (κ3) is 40.7. The molecule has 95 heavy (non-hydrogen) atoms. The van der Waals surface area contributed by atoms with Gasteiger partial charge >= 0.3 is 58.5 Å². The van der Waals surface area contributed by atoms with Gasteiger partial charge in [0, 0.05) is 91.7 Å². The van der Waals surface area contributed by atoms with Crippen LogP contribution in [0.15, 0.2) is 66.9 Å². The molecule has 4 heterocycles. The Hall–Kier alpha value is -3.12. The van der Waals surface area contributed by atoms with Crippen molar-refractivity contribution in [2.75, 3.05) is 18.9 Å². The molecule has 29 heteroatoms. The molecule has 17 nitrogen and oxygen atoms in total. The second-order valence-corrected chi connectivity index (χ2v) is 27.7. The van der Waals surface area contributed by atoms with Crippen molar-refractivity contribution >= 4 is 117 Å². The molecule has 2 fully saturated rings. The first kappa shape index (κ1) is 98.3. The van der Waals surface area contributed by atoms with Crippen molar-refractivity contribution in [2.45, 2.75) is 219 Å². The number of amides is 1. The zero-order valence-corrected chi connectivity index (χ0v) is 68.9. The quantitative estimate of drug-likeness (QED) is 0.0432. The number of benzene rings is 4. The van der Waals surface area contributed by atoms with E-state index in [4.69, 9.17) is 45.3 Å². The van der Waals surface area contributed by atoms with E-state index in [1.165, 1.54) is 44.0 Å². The van der Waals surface area contributed by atoms with Crippen LogP contribution < -0.4 is 78.7 Å². The van der Waals surface area contributed by atoms with E-state index >= 15 is 0 Å². The molecule has 2 aromatic heterocycles. The molecule has 6 aromatic rings. The van der Waals surface area contributed by atoms with Gasteiger partial charge in [-0.15, -0.1) is 5.60 Å². The monoisotopic (exact) mass is 1650 g/mol. The van der Waals surface area contributed by atoms with E-state index < -0.39 is 64.8 Å². The molecule has 1 amide bonds. The SMILES string of the molecule is C1CCOC1.CC(=O)NC(C)C.CC(=O)O.CC(=O)O.CC(C)(C)[O-].CC(C)N.CC(CC(C)C)=Nc1c(F)cc(Br)cc1F.Cc1nc2c(F)cc(B3OC(C)(C)C(C)(C)O3)cc2n1C(C)C.Cc1nc2c(F)cc(Br)cc2n1C(C)C.Nc1c(F)cc(Br)cc1F.[K+].[Pd]. The molecular weight excluding hydrogens is 1560 g/mol. The molecule has 0 saturated carbocycles. The van der Waals surface area contributed by atoms with E-state index in [1.807, 2.05) is 104 Å².